The number of aromatic nitrogens is 2. The largest absolute Gasteiger partial charge is 0.308 e. The highest BCUT2D eigenvalue weighted by atomic mass is 15.0. The number of pyridine rings is 1. The van der Waals surface area contributed by atoms with Crippen LogP contribution in [-0.4, -0.2) is 4.57 Å². The van der Waals surface area contributed by atoms with Gasteiger partial charge in [-0.15, -0.1) is 0 Å². The van der Waals surface area contributed by atoms with Crippen LogP contribution in [-0.2, 0) is 7.05 Å². The van der Waals surface area contributed by atoms with Crippen molar-refractivity contribution in [2.75, 3.05) is 0 Å². The van der Waals surface area contributed by atoms with Gasteiger partial charge in [0, 0.05) is 23.0 Å². The Balaban J connectivity index is 1.90. The zero-order chi connectivity index (χ0) is 20.5. The summed E-state index contributed by atoms with van der Waals surface area (Å²) in [5, 5.41) is 0. The Labute approximate surface area is 174 Å². The molecule has 4 rings (SSSR count). The van der Waals surface area contributed by atoms with E-state index in [1.807, 2.05) is 0 Å². The van der Waals surface area contributed by atoms with Crippen molar-refractivity contribution in [3.63, 3.8) is 0 Å². The molecule has 0 atom stereocenters. The predicted molar refractivity (Wildman–Crippen MR) is 121 cm³/mol. The summed E-state index contributed by atoms with van der Waals surface area (Å²) in [5.41, 5.74) is 10.1. The Morgan fingerprint density at radius 1 is 0.793 bits per heavy atom. The molecule has 2 heteroatoms. The zero-order valence-electron chi connectivity index (χ0n) is 18.0. The lowest BCUT2D eigenvalue weighted by Crippen LogP contribution is -2.31. The normalized spacial score (nSPS) is 11.2. The molecule has 2 heterocycles. The Kier molecular flexibility index (Phi) is 5.10. The van der Waals surface area contributed by atoms with Gasteiger partial charge in [0.1, 0.15) is 12.7 Å². The summed E-state index contributed by atoms with van der Waals surface area (Å²) in [5.74, 6) is 0.468. The second kappa shape index (κ2) is 7.71. The second-order valence-corrected chi connectivity index (χ2v) is 8.15. The minimum absolute atomic E-state index is 0.468. The fourth-order valence-corrected chi connectivity index (χ4v) is 4.26. The predicted octanol–water partition coefficient (Wildman–Crippen LogP) is 6.38. The number of rotatable bonds is 4. The topological polar surface area (TPSA) is 8.81 Å². The van der Waals surface area contributed by atoms with Crippen LogP contribution < -0.4 is 4.57 Å². The molecule has 0 unspecified atom stereocenters. The maximum Gasteiger partial charge on any atom is 0.229 e. The van der Waals surface area contributed by atoms with Crippen LogP contribution >= 0.6 is 0 Å². The summed E-state index contributed by atoms with van der Waals surface area (Å²) in [4.78, 5) is 0. The maximum atomic E-state index is 2.42. The van der Waals surface area contributed by atoms with E-state index in [9.17, 15) is 0 Å². The van der Waals surface area contributed by atoms with Crippen LogP contribution in [0.15, 0.2) is 79.0 Å². The summed E-state index contributed by atoms with van der Waals surface area (Å²) >= 11 is 0. The summed E-state index contributed by atoms with van der Waals surface area (Å²) in [6, 6.07) is 26.1. The van der Waals surface area contributed by atoms with E-state index in [1.165, 1.54) is 45.0 Å². The molecule has 0 amide bonds. The molecule has 2 nitrogen and oxygen atoms in total. The van der Waals surface area contributed by atoms with Gasteiger partial charge in [-0.3, -0.25) is 0 Å². The molecule has 2 aromatic carbocycles. The van der Waals surface area contributed by atoms with E-state index in [2.05, 4.69) is 123 Å². The van der Waals surface area contributed by atoms with Gasteiger partial charge in [0.15, 0.2) is 6.20 Å². The quantitative estimate of drug-likeness (QED) is 0.363. The van der Waals surface area contributed by atoms with Crippen molar-refractivity contribution in [1.29, 1.82) is 0 Å². The molecule has 146 valence electrons. The minimum atomic E-state index is 0.468. The Hall–Kier alpha value is -3.13. The van der Waals surface area contributed by atoms with Crippen molar-refractivity contribution < 1.29 is 4.57 Å². The van der Waals surface area contributed by atoms with E-state index in [-0.39, 0.29) is 0 Å². The minimum Gasteiger partial charge on any atom is -0.308 e. The van der Waals surface area contributed by atoms with Gasteiger partial charge in [-0.05, 0) is 54.7 Å². The SMILES string of the molecule is Cc1cc(C)n(-c2ccccc2C(C)C)c1-c1ccc(-c2ccccc2)c[n+]1C. The highest BCUT2D eigenvalue weighted by Gasteiger charge is 2.22. The molecule has 0 saturated heterocycles. The van der Waals surface area contributed by atoms with Crippen LogP contribution in [0, 0.1) is 13.8 Å². The van der Waals surface area contributed by atoms with E-state index in [1.54, 1.807) is 0 Å². The van der Waals surface area contributed by atoms with Gasteiger partial charge in [-0.2, -0.15) is 4.57 Å². The Morgan fingerprint density at radius 2 is 1.48 bits per heavy atom. The van der Waals surface area contributed by atoms with E-state index >= 15 is 0 Å². The van der Waals surface area contributed by atoms with Gasteiger partial charge in [-0.25, -0.2) is 0 Å². The van der Waals surface area contributed by atoms with Crippen LogP contribution in [0.1, 0.15) is 36.6 Å². The van der Waals surface area contributed by atoms with Crippen molar-refractivity contribution in [1.82, 2.24) is 4.57 Å². The Bertz CT molecular complexity index is 1150. The average Bonchev–Trinajstić information content (AvgIpc) is 3.02. The molecule has 0 N–H and O–H groups in total. The molecule has 0 radical (unpaired) electrons. The average molecular weight is 382 g/mol. The fraction of sp³-hybridized carbons (Fsp3) is 0.222. The second-order valence-electron chi connectivity index (χ2n) is 8.15. The molecule has 0 aliphatic rings. The number of nitrogens with zero attached hydrogens (tertiary/aromatic N) is 2. The van der Waals surface area contributed by atoms with E-state index < -0.39 is 0 Å². The van der Waals surface area contributed by atoms with Gasteiger partial charge >= 0.3 is 0 Å². The molecule has 4 aromatic rings. The molecule has 0 saturated carbocycles. The van der Waals surface area contributed by atoms with Gasteiger partial charge in [0.05, 0.1) is 0 Å². The van der Waals surface area contributed by atoms with Gasteiger partial charge in [0.25, 0.3) is 0 Å². The maximum absolute atomic E-state index is 2.42. The summed E-state index contributed by atoms with van der Waals surface area (Å²) in [6.07, 6.45) is 2.23. The number of para-hydroxylation sites is 1. The third kappa shape index (κ3) is 3.51. The van der Waals surface area contributed by atoms with Gasteiger partial charge in [0.2, 0.25) is 5.69 Å². The smallest absolute Gasteiger partial charge is 0.229 e. The van der Waals surface area contributed by atoms with Crippen LogP contribution in [0.5, 0.6) is 0 Å². The Morgan fingerprint density at radius 3 is 2.17 bits per heavy atom. The summed E-state index contributed by atoms with van der Waals surface area (Å²) in [6.45, 7) is 8.94. The third-order valence-electron chi connectivity index (χ3n) is 5.66. The molecule has 0 aliphatic heterocycles. The first-order valence-corrected chi connectivity index (χ1v) is 10.3. The van der Waals surface area contributed by atoms with Crippen molar-refractivity contribution in [2.24, 2.45) is 7.05 Å². The molecular weight excluding hydrogens is 352 g/mol. The highest BCUT2D eigenvalue weighted by Crippen LogP contribution is 2.33. The number of benzene rings is 2. The van der Waals surface area contributed by atoms with Crippen molar-refractivity contribution in [3.05, 3.63) is 95.8 Å². The molecule has 2 aromatic heterocycles. The molecule has 0 bridgehead atoms. The lowest BCUT2D eigenvalue weighted by molar-refractivity contribution is -0.660. The zero-order valence-corrected chi connectivity index (χ0v) is 18.0. The number of hydrogen-bond acceptors (Lipinski definition) is 0. The third-order valence-corrected chi connectivity index (χ3v) is 5.66. The molecule has 29 heavy (non-hydrogen) atoms. The van der Waals surface area contributed by atoms with Crippen LogP contribution in [0.2, 0.25) is 0 Å². The van der Waals surface area contributed by atoms with E-state index in [0.29, 0.717) is 5.92 Å². The van der Waals surface area contributed by atoms with E-state index in [4.69, 9.17) is 0 Å². The van der Waals surface area contributed by atoms with Crippen LogP contribution in [0.3, 0.4) is 0 Å². The van der Waals surface area contributed by atoms with Crippen LogP contribution in [0.25, 0.3) is 28.2 Å². The molecular formula is C27H29N2+. The first-order chi connectivity index (χ1) is 14.0. The molecule has 0 aliphatic carbocycles. The number of aryl methyl sites for hydroxylation is 3. The first kappa shape index (κ1) is 19.2. The molecule has 0 spiro atoms. The molecule has 0 fully saturated rings. The van der Waals surface area contributed by atoms with Crippen molar-refractivity contribution >= 4 is 0 Å². The highest BCUT2D eigenvalue weighted by molar-refractivity contribution is 5.67. The van der Waals surface area contributed by atoms with E-state index in [0.717, 1.165) is 0 Å². The van der Waals surface area contributed by atoms with Gasteiger partial charge < -0.3 is 4.57 Å². The lowest BCUT2D eigenvalue weighted by Gasteiger charge is -2.18. The van der Waals surface area contributed by atoms with Crippen molar-refractivity contribution in [2.45, 2.75) is 33.6 Å². The lowest BCUT2D eigenvalue weighted by atomic mass is 10.0. The van der Waals surface area contributed by atoms with Crippen LogP contribution in [0.4, 0.5) is 0 Å². The summed E-state index contributed by atoms with van der Waals surface area (Å²) in [7, 11) is 2.14. The summed E-state index contributed by atoms with van der Waals surface area (Å²) < 4.78 is 4.67. The van der Waals surface area contributed by atoms with Crippen molar-refractivity contribution in [3.8, 4) is 28.2 Å². The van der Waals surface area contributed by atoms with Gasteiger partial charge in [-0.1, -0.05) is 62.4 Å². The fourth-order valence-electron chi connectivity index (χ4n) is 4.26. The number of hydrogen-bond donors (Lipinski definition) is 0. The standard InChI is InChI=1S/C27H29N2/c1-19(2)24-13-9-10-14-25(24)29-21(4)17-20(3)27(29)26-16-15-23(18-28(26)5)22-11-7-6-8-12-22/h6-19H,1-5H3/q+1. The monoisotopic (exact) mass is 381 g/mol. The first-order valence-electron chi connectivity index (χ1n) is 10.3.